The lowest BCUT2D eigenvalue weighted by molar-refractivity contribution is -0.0978. The summed E-state index contributed by atoms with van der Waals surface area (Å²) in [6.07, 6.45) is 0. The van der Waals surface area contributed by atoms with E-state index in [0.717, 1.165) is 0 Å². The van der Waals surface area contributed by atoms with Crippen molar-refractivity contribution in [2.45, 2.75) is 17.3 Å². The average Bonchev–Trinajstić information content (AvgIpc) is 2.32. The second-order valence-corrected chi connectivity index (χ2v) is 6.20. The van der Waals surface area contributed by atoms with E-state index in [4.69, 9.17) is 4.74 Å². The van der Waals surface area contributed by atoms with Gasteiger partial charge in [-0.3, -0.25) is 4.79 Å². The number of benzene rings is 1. The van der Waals surface area contributed by atoms with Gasteiger partial charge < -0.3 is 10.1 Å². The van der Waals surface area contributed by atoms with E-state index < -0.39 is 5.51 Å². The molecule has 1 heterocycles. The molecule has 1 N–H and O–H groups in total. The minimum absolute atomic E-state index is 0.0399. The lowest BCUT2D eigenvalue weighted by Crippen LogP contribution is -2.48. The van der Waals surface area contributed by atoms with E-state index in [1.165, 1.54) is 24.3 Å². The maximum absolute atomic E-state index is 12.2. The molecule has 1 fully saturated rings. The van der Waals surface area contributed by atoms with Gasteiger partial charge in [-0.1, -0.05) is 6.92 Å². The predicted molar refractivity (Wildman–Crippen MR) is 69.6 cm³/mol. The summed E-state index contributed by atoms with van der Waals surface area (Å²) in [5.41, 5.74) is -4.01. The van der Waals surface area contributed by atoms with Crippen LogP contribution in [0.1, 0.15) is 17.3 Å². The highest BCUT2D eigenvalue weighted by Gasteiger charge is 2.33. The predicted octanol–water partition coefficient (Wildman–Crippen LogP) is 3.06. The summed E-state index contributed by atoms with van der Waals surface area (Å²) < 4.78 is 41.6. The van der Waals surface area contributed by atoms with Crippen LogP contribution in [-0.4, -0.2) is 31.2 Å². The molecule has 1 aliphatic heterocycles. The van der Waals surface area contributed by atoms with Crippen LogP contribution in [0.4, 0.5) is 13.2 Å². The number of nitrogens with one attached hydrogen (secondary N) is 1. The maximum atomic E-state index is 12.2. The Kier molecular flexibility index (Phi) is 4.29. The van der Waals surface area contributed by atoms with Crippen molar-refractivity contribution in [3.63, 3.8) is 0 Å². The Morgan fingerprint density at radius 1 is 1.35 bits per heavy atom. The number of hydrogen-bond acceptors (Lipinski definition) is 3. The molecule has 2 rings (SSSR count). The van der Waals surface area contributed by atoms with Crippen molar-refractivity contribution in [3.8, 4) is 0 Å². The molecule has 0 saturated carbocycles. The van der Waals surface area contributed by atoms with Gasteiger partial charge >= 0.3 is 5.51 Å². The van der Waals surface area contributed by atoms with Gasteiger partial charge in [-0.25, -0.2) is 0 Å². The third kappa shape index (κ3) is 4.14. The van der Waals surface area contributed by atoms with E-state index in [9.17, 15) is 18.0 Å². The van der Waals surface area contributed by atoms with Crippen LogP contribution in [0.5, 0.6) is 0 Å². The van der Waals surface area contributed by atoms with Crippen LogP contribution in [0, 0.1) is 5.41 Å². The summed E-state index contributed by atoms with van der Waals surface area (Å²) in [6, 6.07) is 5.37. The molecule has 1 aromatic rings. The molecule has 1 saturated heterocycles. The molecule has 1 aliphatic rings. The minimum atomic E-state index is -4.32. The Morgan fingerprint density at radius 2 is 1.95 bits per heavy atom. The van der Waals surface area contributed by atoms with Gasteiger partial charge in [0, 0.05) is 22.4 Å². The molecule has 7 heteroatoms. The summed E-state index contributed by atoms with van der Waals surface area (Å²) in [7, 11) is 0. The second-order valence-electron chi connectivity index (χ2n) is 5.06. The zero-order valence-electron chi connectivity index (χ0n) is 10.8. The number of alkyl halides is 3. The monoisotopic (exact) mass is 305 g/mol. The van der Waals surface area contributed by atoms with Gasteiger partial charge in [0.15, 0.2) is 0 Å². The smallest absolute Gasteiger partial charge is 0.380 e. The van der Waals surface area contributed by atoms with E-state index in [1.54, 1.807) is 0 Å². The molecule has 0 radical (unpaired) electrons. The van der Waals surface area contributed by atoms with Crippen molar-refractivity contribution in [2.24, 2.45) is 5.41 Å². The first-order valence-electron chi connectivity index (χ1n) is 5.99. The van der Waals surface area contributed by atoms with E-state index in [0.29, 0.717) is 25.3 Å². The number of ether oxygens (including phenoxy) is 1. The fraction of sp³-hybridized carbons (Fsp3) is 0.462. The molecule has 0 spiro atoms. The van der Waals surface area contributed by atoms with Crippen molar-refractivity contribution < 1.29 is 22.7 Å². The van der Waals surface area contributed by atoms with E-state index in [1.807, 2.05) is 6.92 Å². The van der Waals surface area contributed by atoms with Crippen LogP contribution < -0.4 is 5.32 Å². The number of carbonyl (C=O) groups is 1. The van der Waals surface area contributed by atoms with Gasteiger partial charge in [0.25, 0.3) is 5.91 Å². The summed E-state index contributed by atoms with van der Waals surface area (Å²) in [5.74, 6) is -0.290. The quantitative estimate of drug-likeness (QED) is 0.869. The number of rotatable bonds is 4. The Labute approximate surface area is 118 Å². The zero-order chi connectivity index (χ0) is 14.8. The normalized spacial score (nSPS) is 17.4. The highest BCUT2D eigenvalue weighted by molar-refractivity contribution is 8.00. The number of thioether (sulfide) groups is 1. The summed E-state index contributed by atoms with van der Waals surface area (Å²) in [4.78, 5) is 11.9. The van der Waals surface area contributed by atoms with Crippen molar-refractivity contribution in [3.05, 3.63) is 29.8 Å². The molecule has 1 amide bonds. The molecule has 0 aromatic heterocycles. The zero-order valence-corrected chi connectivity index (χ0v) is 11.6. The van der Waals surface area contributed by atoms with Crippen LogP contribution >= 0.6 is 11.8 Å². The van der Waals surface area contributed by atoms with Gasteiger partial charge in [0.05, 0.1) is 13.2 Å². The first-order valence-corrected chi connectivity index (χ1v) is 6.81. The van der Waals surface area contributed by atoms with Gasteiger partial charge in [0.1, 0.15) is 0 Å². The van der Waals surface area contributed by atoms with Gasteiger partial charge in [-0.05, 0) is 36.0 Å². The second kappa shape index (κ2) is 5.65. The molecule has 20 heavy (non-hydrogen) atoms. The van der Waals surface area contributed by atoms with Crippen molar-refractivity contribution in [1.82, 2.24) is 5.32 Å². The van der Waals surface area contributed by atoms with E-state index in [-0.39, 0.29) is 28.0 Å². The molecular formula is C13H14F3NO2S. The Balaban J connectivity index is 1.90. The van der Waals surface area contributed by atoms with E-state index >= 15 is 0 Å². The van der Waals surface area contributed by atoms with Gasteiger partial charge in [-0.15, -0.1) is 0 Å². The molecule has 110 valence electrons. The minimum Gasteiger partial charge on any atom is -0.380 e. The third-order valence-corrected chi connectivity index (χ3v) is 3.67. The number of halogens is 3. The maximum Gasteiger partial charge on any atom is 0.446 e. The van der Waals surface area contributed by atoms with Crippen LogP contribution in [0.25, 0.3) is 0 Å². The highest BCUT2D eigenvalue weighted by atomic mass is 32.2. The lowest BCUT2D eigenvalue weighted by Gasteiger charge is -2.38. The van der Waals surface area contributed by atoms with E-state index in [2.05, 4.69) is 5.32 Å². The highest BCUT2D eigenvalue weighted by Crippen LogP contribution is 2.36. The molecule has 0 bridgehead atoms. The molecule has 0 atom stereocenters. The van der Waals surface area contributed by atoms with Crippen LogP contribution in [0.15, 0.2) is 29.2 Å². The summed E-state index contributed by atoms with van der Waals surface area (Å²) in [6.45, 7) is 3.70. The first-order chi connectivity index (χ1) is 9.27. The summed E-state index contributed by atoms with van der Waals surface area (Å²) >= 11 is -0.197. The Bertz CT molecular complexity index is 483. The van der Waals surface area contributed by atoms with Crippen molar-refractivity contribution in [2.75, 3.05) is 19.8 Å². The van der Waals surface area contributed by atoms with Crippen LogP contribution in [0.3, 0.4) is 0 Å². The van der Waals surface area contributed by atoms with Gasteiger partial charge in [0.2, 0.25) is 0 Å². The Morgan fingerprint density at radius 3 is 2.40 bits per heavy atom. The average molecular weight is 305 g/mol. The van der Waals surface area contributed by atoms with Crippen molar-refractivity contribution in [1.29, 1.82) is 0 Å². The summed E-state index contributed by atoms with van der Waals surface area (Å²) in [5, 5.41) is 2.76. The number of amides is 1. The Hall–Kier alpha value is -1.21. The standard InChI is InChI=1S/C13H14F3NO2S/c1-12(7-19-8-12)6-17-11(18)9-2-4-10(5-3-9)20-13(14,15)16/h2-5H,6-8H2,1H3,(H,17,18). The van der Waals surface area contributed by atoms with Gasteiger partial charge in [-0.2, -0.15) is 13.2 Å². The lowest BCUT2D eigenvalue weighted by atomic mass is 9.89. The molecule has 0 aliphatic carbocycles. The largest absolute Gasteiger partial charge is 0.446 e. The number of hydrogen-bond donors (Lipinski definition) is 1. The van der Waals surface area contributed by atoms with Crippen molar-refractivity contribution >= 4 is 17.7 Å². The number of carbonyl (C=O) groups excluding carboxylic acids is 1. The molecule has 1 aromatic carbocycles. The first kappa shape index (κ1) is 15.2. The molecule has 3 nitrogen and oxygen atoms in total. The molecular weight excluding hydrogens is 291 g/mol. The molecule has 0 unspecified atom stereocenters. The fourth-order valence-corrected chi connectivity index (χ4v) is 2.30. The topological polar surface area (TPSA) is 38.3 Å². The SMILES string of the molecule is CC1(CNC(=O)c2ccc(SC(F)(F)F)cc2)COC1. The third-order valence-electron chi connectivity index (χ3n) is 2.93. The fourth-order valence-electron chi connectivity index (χ4n) is 1.76. The van der Waals surface area contributed by atoms with Crippen LogP contribution in [0.2, 0.25) is 0 Å². The van der Waals surface area contributed by atoms with Crippen LogP contribution in [-0.2, 0) is 4.74 Å².